The normalized spacial score (nSPS) is 12.3. The molecule has 0 bridgehead atoms. The van der Waals surface area contributed by atoms with E-state index in [9.17, 15) is 19.5 Å². The van der Waals surface area contributed by atoms with E-state index in [0.29, 0.717) is 18.5 Å². The van der Waals surface area contributed by atoms with E-state index in [1.807, 2.05) is 20.8 Å². The first kappa shape index (κ1) is 18.5. The number of carbonyl (C=O) groups is 3. The molecule has 0 radical (unpaired) electrons. The summed E-state index contributed by atoms with van der Waals surface area (Å²) in [4.78, 5) is 34.3. The lowest BCUT2D eigenvalue weighted by Crippen LogP contribution is -2.41. The van der Waals surface area contributed by atoms with Crippen LogP contribution in [0.3, 0.4) is 0 Å². The van der Waals surface area contributed by atoms with Crippen molar-refractivity contribution in [3.8, 4) is 0 Å². The second-order valence-electron chi connectivity index (χ2n) is 6.53. The molecule has 0 saturated heterocycles. The summed E-state index contributed by atoms with van der Waals surface area (Å²) in [6.07, 6.45) is 0.997. The lowest BCUT2D eigenvalue weighted by atomic mass is 9.88. The highest BCUT2D eigenvalue weighted by molar-refractivity contribution is 5.98. The third kappa shape index (κ3) is 6.82. The number of anilines is 1. The van der Waals surface area contributed by atoms with Crippen LogP contribution in [-0.2, 0) is 4.79 Å². The maximum atomic E-state index is 12.2. The van der Waals surface area contributed by atoms with Crippen LogP contribution in [0.4, 0.5) is 10.5 Å². The van der Waals surface area contributed by atoms with Gasteiger partial charge in [-0.3, -0.25) is 4.79 Å². The van der Waals surface area contributed by atoms with Crippen LogP contribution >= 0.6 is 0 Å². The quantitative estimate of drug-likeness (QED) is 0.641. The molecule has 7 heteroatoms. The van der Waals surface area contributed by atoms with Crippen molar-refractivity contribution in [1.82, 2.24) is 5.32 Å². The SMILES string of the molecule is CC(C)(C)CCC(NC(=O)c1cccc(NC(N)=O)c1)C(=O)O. The number of hydrogen-bond donors (Lipinski definition) is 4. The molecule has 7 nitrogen and oxygen atoms in total. The zero-order chi connectivity index (χ0) is 17.6. The van der Waals surface area contributed by atoms with Crippen molar-refractivity contribution < 1.29 is 19.5 Å². The van der Waals surface area contributed by atoms with E-state index in [1.165, 1.54) is 12.1 Å². The van der Waals surface area contributed by atoms with Gasteiger partial charge in [0.25, 0.3) is 5.91 Å². The molecule has 0 spiro atoms. The van der Waals surface area contributed by atoms with Crippen molar-refractivity contribution >= 4 is 23.6 Å². The van der Waals surface area contributed by atoms with Crippen LogP contribution in [0.25, 0.3) is 0 Å². The molecule has 1 aromatic rings. The van der Waals surface area contributed by atoms with Gasteiger partial charge in [0, 0.05) is 11.3 Å². The fraction of sp³-hybridized carbons (Fsp3) is 0.438. The minimum atomic E-state index is -1.07. The molecule has 3 amide bonds. The van der Waals surface area contributed by atoms with E-state index in [4.69, 9.17) is 5.73 Å². The number of aliphatic carboxylic acids is 1. The maximum absolute atomic E-state index is 12.2. The summed E-state index contributed by atoms with van der Waals surface area (Å²) in [7, 11) is 0. The van der Waals surface area contributed by atoms with Gasteiger partial charge in [-0.25, -0.2) is 9.59 Å². The highest BCUT2D eigenvalue weighted by Crippen LogP contribution is 2.22. The number of benzene rings is 1. The number of rotatable bonds is 6. The van der Waals surface area contributed by atoms with Gasteiger partial charge in [-0.15, -0.1) is 0 Å². The molecule has 5 N–H and O–H groups in total. The predicted molar refractivity (Wildman–Crippen MR) is 87.2 cm³/mol. The average molecular weight is 321 g/mol. The van der Waals surface area contributed by atoms with Crippen molar-refractivity contribution in [3.05, 3.63) is 29.8 Å². The van der Waals surface area contributed by atoms with Gasteiger partial charge < -0.3 is 21.5 Å². The molecule has 0 fully saturated rings. The van der Waals surface area contributed by atoms with Crippen molar-refractivity contribution in [1.29, 1.82) is 0 Å². The Hall–Kier alpha value is -2.57. The molecule has 1 rings (SSSR count). The number of carbonyl (C=O) groups excluding carboxylic acids is 2. The Bertz CT molecular complexity index is 593. The first-order valence-corrected chi connectivity index (χ1v) is 7.29. The number of carboxylic acid groups (broad SMARTS) is 1. The highest BCUT2D eigenvalue weighted by Gasteiger charge is 2.23. The van der Waals surface area contributed by atoms with Gasteiger partial charge in [0.2, 0.25) is 0 Å². The summed E-state index contributed by atoms with van der Waals surface area (Å²) in [5.74, 6) is -1.59. The smallest absolute Gasteiger partial charge is 0.326 e. The first-order chi connectivity index (χ1) is 10.6. The summed E-state index contributed by atoms with van der Waals surface area (Å²) in [5.41, 5.74) is 5.61. The fourth-order valence-electron chi connectivity index (χ4n) is 1.96. The molecular weight excluding hydrogens is 298 g/mol. The Labute approximate surface area is 135 Å². The summed E-state index contributed by atoms with van der Waals surface area (Å²) in [5, 5.41) is 14.1. The number of nitrogens with two attached hydrogens (primary N) is 1. The van der Waals surface area contributed by atoms with Crippen LogP contribution < -0.4 is 16.4 Å². The zero-order valence-corrected chi connectivity index (χ0v) is 13.6. The number of carboxylic acids is 1. The standard InChI is InChI=1S/C16H23N3O4/c1-16(2,3)8-7-12(14(21)22)19-13(20)10-5-4-6-11(9-10)18-15(17)23/h4-6,9,12H,7-8H2,1-3H3,(H,19,20)(H,21,22)(H3,17,18,23). The van der Waals surface area contributed by atoms with Gasteiger partial charge in [0.1, 0.15) is 6.04 Å². The summed E-state index contributed by atoms with van der Waals surface area (Å²) >= 11 is 0. The van der Waals surface area contributed by atoms with Gasteiger partial charge in [-0.05, 0) is 36.5 Å². The van der Waals surface area contributed by atoms with Gasteiger partial charge in [0.15, 0.2) is 0 Å². The topological polar surface area (TPSA) is 122 Å². The molecule has 1 atom stereocenters. The van der Waals surface area contributed by atoms with Crippen LogP contribution in [-0.4, -0.2) is 29.1 Å². The van der Waals surface area contributed by atoms with E-state index < -0.39 is 23.9 Å². The Balaban J connectivity index is 2.78. The molecule has 1 unspecified atom stereocenters. The minimum Gasteiger partial charge on any atom is -0.480 e. The minimum absolute atomic E-state index is 0.0241. The molecule has 0 heterocycles. The third-order valence-corrected chi connectivity index (χ3v) is 3.18. The molecule has 0 aliphatic carbocycles. The first-order valence-electron chi connectivity index (χ1n) is 7.29. The van der Waals surface area contributed by atoms with Crippen molar-refractivity contribution in [2.45, 2.75) is 39.7 Å². The number of primary amides is 1. The van der Waals surface area contributed by atoms with Crippen LogP contribution in [0.5, 0.6) is 0 Å². The second-order valence-corrected chi connectivity index (χ2v) is 6.53. The number of nitrogens with one attached hydrogen (secondary N) is 2. The van der Waals surface area contributed by atoms with Crippen LogP contribution in [0, 0.1) is 5.41 Å². The van der Waals surface area contributed by atoms with Gasteiger partial charge in [0.05, 0.1) is 0 Å². The van der Waals surface area contributed by atoms with E-state index in [1.54, 1.807) is 12.1 Å². The highest BCUT2D eigenvalue weighted by atomic mass is 16.4. The van der Waals surface area contributed by atoms with E-state index in [0.717, 1.165) is 0 Å². The fourth-order valence-corrected chi connectivity index (χ4v) is 1.96. The monoisotopic (exact) mass is 321 g/mol. The maximum Gasteiger partial charge on any atom is 0.326 e. The molecular formula is C16H23N3O4. The van der Waals surface area contributed by atoms with E-state index in [-0.39, 0.29) is 11.0 Å². The van der Waals surface area contributed by atoms with Gasteiger partial charge in [-0.1, -0.05) is 26.8 Å². The lowest BCUT2D eigenvalue weighted by molar-refractivity contribution is -0.139. The van der Waals surface area contributed by atoms with Crippen molar-refractivity contribution in [3.63, 3.8) is 0 Å². The molecule has 23 heavy (non-hydrogen) atoms. The summed E-state index contributed by atoms with van der Waals surface area (Å²) < 4.78 is 0. The Morgan fingerprint density at radius 3 is 2.43 bits per heavy atom. The van der Waals surface area contributed by atoms with E-state index >= 15 is 0 Å². The number of urea groups is 1. The average Bonchev–Trinajstić information content (AvgIpc) is 2.41. The lowest BCUT2D eigenvalue weighted by Gasteiger charge is -2.21. The van der Waals surface area contributed by atoms with Gasteiger partial charge in [-0.2, -0.15) is 0 Å². The molecule has 1 aromatic carbocycles. The van der Waals surface area contributed by atoms with Gasteiger partial charge >= 0.3 is 12.0 Å². The Morgan fingerprint density at radius 2 is 1.91 bits per heavy atom. The largest absolute Gasteiger partial charge is 0.480 e. The number of hydrogen-bond acceptors (Lipinski definition) is 3. The zero-order valence-electron chi connectivity index (χ0n) is 13.6. The molecule has 126 valence electrons. The Kier molecular flexibility index (Phi) is 6.12. The molecule has 0 aliphatic heterocycles. The third-order valence-electron chi connectivity index (χ3n) is 3.18. The predicted octanol–water partition coefficient (Wildman–Crippen LogP) is 2.19. The van der Waals surface area contributed by atoms with Crippen LogP contribution in [0.15, 0.2) is 24.3 Å². The Morgan fingerprint density at radius 1 is 1.26 bits per heavy atom. The number of amides is 3. The molecule has 0 saturated carbocycles. The van der Waals surface area contributed by atoms with Crippen LogP contribution in [0.2, 0.25) is 0 Å². The van der Waals surface area contributed by atoms with Crippen LogP contribution in [0.1, 0.15) is 44.0 Å². The summed E-state index contributed by atoms with van der Waals surface area (Å²) in [6, 6.07) is 4.42. The molecule has 0 aromatic heterocycles. The van der Waals surface area contributed by atoms with E-state index in [2.05, 4.69) is 10.6 Å². The van der Waals surface area contributed by atoms with Crippen molar-refractivity contribution in [2.24, 2.45) is 11.1 Å². The molecule has 0 aliphatic rings. The second kappa shape index (κ2) is 7.62. The summed E-state index contributed by atoms with van der Waals surface area (Å²) in [6.45, 7) is 6.02. The van der Waals surface area contributed by atoms with Crippen molar-refractivity contribution in [2.75, 3.05) is 5.32 Å².